The zero-order valence-electron chi connectivity index (χ0n) is 16.0. The highest BCUT2D eigenvalue weighted by Gasteiger charge is 2.21. The number of nitrogens with zero attached hydrogens (tertiary/aromatic N) is 3. The first-order valence-corrected chi connectivity index (χ1v) is 9.89. The number of thiazole rings is 1. The van der Waals surface area contributed by atoms with Crippen LogP contribution in [0, 0.1) is 19.7 Å². The van der Waals surface area contributed by atoms with Crippen LogP contribution in [-0.2, 0) is 0 Å². The number of aryl methyl sites for hydroxylation is 2. The minimum Gasteiger partial charge on any atom is -0.267 e. The minimum atomic E-state index is -0.340. The lowest BCUT2D eigenvalue weighted by Gasteiger charge is -2.14. The molecule has 29 heavy (non-hydrogen) atoms. The van der Waals surface area contributed by atoms with Crippen LogP contribution in [0.3, 0.4) is 0 Å². The first-order chi connectivity index (χ1) is 14.0. The number of amides is 1. The number of fused-ring (bicyclic) bond motifs is 1. The molecular weight excluding hydrogens is 385 g/mol. The van der Waals surface area contributed by atoms with E-state index in [0.29, 0.717) is 20.9 Å². The van der Waals surface area contributed by atoms with Crippen molar-refractivity contribution in [2.24, 2.45) is 5.10 Å². The van der Waals surface area contributed by atoms with E-state index in [1.807, 2.05) is 56.3 Å². The van der Waals surface area contributed by atoms with Gasteiger partial charge in [-0.15, -0.1) is 0 Å². The lowest BCUT2D eigenvalue weighted by atomic mass is 10.1. The average molecular weight is 403 g/mol. The zero-order valence-corrected chi connectivity index (χ0v) is 16.8. The second kappa shape index (κ2) is 7.93. The Balaban J connectivity index is 1.76. The van der Waals surface area contributed by atoms with Crippen LogP contribution >= 0.6 is 11.3 Å². The first-order valence-electron chi connectivity index (χ1n) is 9.07. The van der Waals surface area contributed by atoms with Crippen molar-refractivity contribution in [1.29, 1.82) is 0 Å². The molecule has 0 unspecified atom stereocenters. The standard InChI is InChI=1S/C23H18FN3OS/c1-15-6-8-17(9-7-15)14-25-27(22(28)18-5-3-4-16(2)12-18)23-26-20-11-10-19(24)13-21(20)29-23/h3-14H,1-2H3/b25-14+. The summed E-state index contributed by atoms with van der Waals surface area (Å²) >= 11 is 1.22. The molecule has 0 radical (unpaired) electrons. The van der Waals surface area contributed by atoms with Crippen LogP contribution in [0.4, 0.5) is 9.52 Å². The molecule has 0 aliphatic rings. The van der Waals surface area contributed by atoms with Gasteiger partial charge in [-0.2, -0.15) is 10.1 Å². The lowest BCUT2D eigenvalue weighted by molar-refractivity contribution is 0.0987. The maximum Gasteiger partial charge on any atom is 0.280 e. The van der Waals surface area contributed by atoms with Gasteiger partial charge in [0.2, 0.25) is 5.13 Å². The molecule has 4 nitrogen and oxygen atoms in total. The van der Waals surface area contributed by atoms with Gasteiger partial charge in [0, 0.05) is 5.56 Å². The Morgan fingerprint density at radius 2 is 1.83 bits per heavy atom. The largest absolute Gasteiger partial charge is 0.280 e. The van der Waals surface area contributed by atoms with Crippen LogP contribution in [-0.4, -0.2) is 17.1 Å². The van der Waals surface area contributed by atoms with Gasteiger partial charge in [-0.05, 0) is 49.7 Å². The molecule has 1 aromatic heterocycles. The molecule has 0 saturated carbocycles. The van der Waals surface area contributed by atoms with Gasteiger partial charge in [-0.25, -0.2) is 9.37 Å². The summed E-state index contributed by atoms with van der Waals surface area (Å²) in [5.41, 5.74) is 4.12. The van der Waals surface area contributed by atoms with Crippen LogP contribution < -0.4 is 5.01 Å². The van der Waals surface area contributed by atoms with E-state index in [9.17, 15) is 9.18 Å². The molecule has 4 rings (SSSR count). The van der Waals surface area contributed by atoms with Crippen molar-refractivity contribution in [3.63, 3.8) is 0 Å². The summed E-state index contributed by atoms with van der Waals surface area (Å²) < 4.78 is 14.2. The summed E-state index contributed by atoms with van der Waals surface area (Å²) in [6.45, 7) is 3.94. The van der Waals surface area contributed by atoms with Crippen LogP contribution in [0.25, 0.3) is 10.2 Å². The van der Waals surface area contributed by atoms with Gasteiger partial charge >= 0.3 is 0 Å². The number of benzene rings is 3. The van der Waals surface area contributed by atoms with Crippen LogP contribution in [0.15, 0.2) is 71.8 Å². The summed E-state index contributed by atoms with van der Waals surface area (Å²) in [6.07, 6.45) is 1.62. The highest BCUT2D eigenvalue weighted by molar-refractivity contribution is 7.22. The van der Waals surface area contributed by atoms with Gasteiger partial charge in [0.1, 0.15) is 5.82 Å². The molecule has 0 aliphatic heterocycles. The Bertz CT molecular complexity index is 1210. The van der Waals surface area contributed by atoms with E-state index in [-0.39, 0.29) is 11.7 Å². The van der Waals surface area contributed by atoms with Gasteiger partial charge in [-0.1, -0.05) is 58.9 Å². The Kier molecular flexibility index (Phi) is 5.18. The number of hydrazone groups is 1. The van der Waals surface area contributed by atoms with Crippen molar-refractivity contribution in [3.05, 3.63) is 94.8 Å². The van der Waals surface area contributed by atoms with Gasteiger partial charge in [0.25, 0.3) is 5.91 Å². The molecule has 4 aromatic rings. The van der Waals surface area contributed by atoms with Crippen molar-refractivity contribution in [1.82, 2.24) is 4.98 Å². The molecular formula is C23H18FN3OS. The summed E-state index contributed by atoms with van der Waals surface area (Å²) in [4.78, 5) is 17.7. The van der Waals surface area contributed by atoms with Gasteiger partial charge in [0.15, 0.2) is 0 Å². The molecule has 1 heterocycles. The third-order valence-corrected chi connectivity index (χ3v) is 5.37. The molecule has 1 amide bonds. The smallest absolute Gasteiger partial charge is 0.267 e. The van der Waals surface area contributed by atoms with Crippen LogP contribution in [0.1, 0.15) is 27.0 Å². The predicted octanol–water partition coefficient (Wildman–Crippen LogP) is 5.73. The Morgan fingerprint density at radius 3 is 2.59 bits per heavy atom. The second-order valence-electron chi connectivity index (χ2n) is 6.75. The summed E-state index contributed by atoms with van der Waals surface area (Å²) in [6, 6.07) is 19.5. The minimum absolute atomic E-state index is 0.295. The SMILES string of the molecule is Cc1ccc(/C=N/N(C(=O)c2cccc(C)c2)c2nc3ccc(F)cc3s2)cc1. The number of aromatic nitrogens is 1. The quantitative estimate of drug-likeness (QED) is 0.322. The van der Waals surface area contributed by atoms with E-state index in [1.54, 1.807) is 18.3 Å². The molecule has 3 aromatic carbocycles. The fourth-order valence-electron chi connectivity index (χ4n) is 2.84. The first kappa shape index (κ1) is 19.0. The number of rotatable bonds is 4. The normalized spacial score (nSPS) is 11.3. The van der Waals surface area contributed by atoms with E-state index < -0.39 is 0 Å². The third kappa shape index (κ3) is 4.22. The lowest BCUT2D eigenvalue weighted by Crippen LogP contribution is -2.25. The Morgan fingerprint density at radius 1 is 1.03 bits per heavy atom. The number of carbonyl (C=O) groups is 1. The van der Waals surface area contributed by atoms with E-state index >= 15 is 0 Å². The number of halogens is 1. The topological polar surface area (TPSA) is 45.6 Å². The highest BCUT2D eigenvalue weighted by atomic mass is 32.1. The molecule has 0 bridgehead atoms. The van der Waals surface area contributed by atoms with Crippen molar-refractivity contribution in [2.45, 2.75) is 13.8 Å². The van der Waals surface area contributed by atoms with Gasteiger partial charge in [0.05, 0.1) is 16.4 Å². The number of hydrogen-bond acceptors (Lipinski definition) is 4. The Labute approximate surface area is 171 Å². The maximum atomic E-state index is 13.6. The number of anilines is 1. The molecule has 0 N–H and O–H groups in total. The monoisotopic (exact) mass is 403 g/mol. The molecule has 0 aliphatic carbocycles. The van der Waals surface area contributed by atoms with E-state index in [1.165, 1.54) is 28.5 Å². The number of hydrogen-bond donors (Lipinski definition) is 0. The molecule has 0 atom stereocenters. The second-order valence-corrected chi connectivity index (χ2v) is 7.76. The fourth-order valence-corrected chi connectivity index (χ4v) is 3.79. The average Bonchev–Trinajstić information content (AvgIpc) is 3.12. The molecule has 144 valence electrons. The third-order valence-electron chi connectivity index (χ3n) is 4.38. The highest BCUT2D eigenvalue weighted by Crippen LogP contribution is 2.30. The summed E-state index contributed by atoms with van der Waals surface area (Å²) in [5, 5.41) is 6.09. The molecule has 0 saturated heterocycles. The van der Waals surface area contributed by atoms with Gasteiger partial charge < -0.3 is 0 Å². The molecule has 0 fully saturated rings. The van der Waals surface area contributed by atoms with Crippen LogP contribution in [0.5, 0.6) is 0 Å². The van der Waals surface area contributed by atoms with Crippen molar-refractivity contribution in [2.75, 3.05) is 5.01 Å². The fraction of sp³-hybridized carbons (Fsp3) is 0.0870. The predicted molar refractivity (Wildman–Crippen MR) is 116 cm³/mol. The van der Waals surface area contributed by atoms with E-state index in [2.05, 4.69) is 10.1 Å². The van der Waals surface area contributed by atoms with Gasteiger partial charge in [-0.3, -0.25) is 4.79 Å². The van der Waals surface area contributed by atoms with Crippen molar-refractivity contribution >= 4 is 38.8 Å². The summed E-state index contributed by atoms with van der Waals surface area (Å²) in [7, 11) is 0. The maximum absolute atomic E-state index is 13.6. The van der Waals surface area contributed by atoms with Crippen molar-refractivity contribution in [3.8, 4) is 0 Å². The molecule has 6 heteroatoms. The number of carbonyl (C=O) groups excluding carboxylic acids is 1. The van der Waals surface area contributed by atoms with E-state index in [4.69, 9.17) is 0 Å². The zero-order chi connectivity index (χ0) is 20.4. The van der Waals surface area contributed by atoms with Crippen LogP contribution in [0.2, 0.25) is 0 Å². The molecule has 0 spiro atoms. The Hall–Kier alpha value is -3.38. The van der Waals surface area contributed by atoms with E-state index in [0.717, 1.165) is 16.7 Å². The summed E-state index contributed by atoms with van der Waals surface area (Å²) in [5.74, 6) is -0.635. The van der Waals surface area contributed by atoms with Crippen molar-refractivity contribution < 1.29 is 9.18 Å².